The number of hydrogen-bond acceptors (Lipinski definition) is 3. The second-order valence-electron chi connectivity index (χ2n) is 4.40. The molecule has 1 amide bonds. The molecule has 2 rings (SSSR count). The summed E-state index contributed by atoms with van der Waals surface area (Å²) in [4.78, 5) is 12.7. The van der Waals surface area contributed by atoms with Gasteiger partial charge in [0.1, 0.15) is 18.2 Å². The van der Waals surface area contributed by atoms with Gasteiger partial charge in [-0.15, -0.1) is 11.3 Å². The SMILES string of the molecule is Cc1ccsc1C=CC(=O)NCCOc1cccc(F)c1. The Hall–Kier alpha value is -2.14. The van der Waals surface area contributed by atoms with Crippen molar-refractivity contribution in [3.05, 3.63) is 58.0 Å². The molecule has 0 aliphatic rings. The van der Waals surface area contributed by atoms with Crippen LogP contribution in [0.4, 0.5) is 4.39 Å². The number of nitrogens with one attached hydrogen (secondary N) is 1. The Morgan fingerprint density at radius 2 is 2.29 bits per heavy atom. The van der Waals surface area contributed by atoms with Gasteiger partial charge in [-0.25, -0.2) is 4.39 Å². The van der Waals surface area contributed by atoms with Crippen molar-refractivity contribution in [2.75, 3.05) is 13.2 Å². The molecule has 0 saturated carbocycles. The van der Waals surface area contributed by atoms with Crippen LogP contribution in [-0.2, 0) is 4.79 Å². The molecule has 1 N–H and O–H groups in total. The number of ether oxygens (including phenoxy) is 1. The number of aryl methyl sites for hydroxylation is 1. The molecule has 110 valence electrons. The Balaban J connectivity index is 1.70. The van der Waals surface area contributed by atoms with E-state index < -0.39 is 0 Å². The molecular formula is C16H16FNO2S. The highest BCUT2D eigenvalue weighted by molar-refractivity contribution is 7.11. The van der Waals surface area contributed by atoms with Gasteiger partial charge in [0.25, 0.3) is 0 Å². The van der Waals surface area contributed by atoms with Crippen LogP contribution >= 0.6 is 11.3 Å². The van der Waals surface area contributed by atoms with E-state index in [-0.39, 0.29) is 11.7 Å². The van der Waals surface area contributed by atoms with Gasteiger partial charge in [-0.05, 0) is 42.1 Å². The van der Waals surface area contributed by atoms with E-state index in [0.29, 0.717) is 18.9 Å². The second-order valence-corrected chi connectivity index (χ2v) is 5.35. The summed E-state index contributed by atoms with van der Waals surface area (Å²) in [6.07, 6.45) is 3.30. The number of thiophene rings is 1. The van der Waals surface area contributed by atoms with Crippen molar-refractivity contribution in [2.24, 2.45) is 0 Å². The fraction of sp³-hybridized carbons (Fsp3) is 0.188. The number of carbonyl (C=O) groups excluding carboxylic acids is 1. The maximum atomic E-state index is 12.9. The van der Waals surface area contributed by atoms with E-state index >= 15 is 0 Å². The first-order valence-electron chi connectivity index (χ1n) is 6.53. The molecule has 1 aromatic carbocycles. The Morgan fingerprint density at radius 1 is 1.43 bits per heavy atom. The summed E-state index contributed by atoms with van der Waals surface area (Å²) in [5, 5.41) is 4.70. The fourth-order valence-electron chi connectivity index (χ4n) is 1.67. The predicted octanol–water partition coefficient (Wildman–Crippen LogP) is 3.40. The largest absolute Gasteiger partial charge is 0.492 e. The molecule has 1 aromatic heterocycles. The van der Waals surface area contributed by atoms with Crippen molar-refractivity contribution in [2.45, 2.75) is 6.92 Å². The lowest BCUT2D eigenvalue weighted by atomic mass is 10.3. The highest BCUT2D eigenvalue weighted by Gasteiger charge is 1.99. The minimum Gasteiger partial charge on any atom is -0.492 e. The number of halogens is 1. The van der Waals surface area contributed by atoms with E-state index in [4.69, 9.17) is 4.74 Å². The van der Waals surface area contributed by atoms with E-state index in [0.717, 1.165) is 10.4 Å². The van der Waals surface area contributed by atoms with E-state index in [9.17, 15) is 9.18 Å². The van der Waals surface area contributed by atoms with Crippen molar-refractivity contribution in [1.29, 1.82) is 0 Å². The lowest BCUT2D eigenvalue weighted by Crippen LogP contribution is -2.26. The lowest BCUT2D eigenvalue weighted by molar-refractivity contribution is -0.116. The molecule has 3 nitrogen and oxygen atoms in total. The predicted molar refractivity (Wildman–Crippen MR) is 83.0 cm³/mol. The average molecular weight is 305 g/mol. The molecule has 0 fully saturated rings. The highest BCUT2D eigenvalue weighted by atomic mass is 32.1. The molecule has 21 heavy (non-hydrogen) atoms. The third-order valence-corrected chi connectivity index (χ3v) is 3.74. The molecule has 0 radical (unpaired) electrons. The lowest BCUT2D eigenvalue weighted by Gasteiger charge is -2.06. The van der Waals surface area contributed by atoms with E-state index in [2.05, 4.69) is 5.32 Å². The summed E-state index contributed by atoms with van der Waals surface area (Å²) in [5.74, 6) is -0.0644. The fourth-order valence-corrected chi connectivity index (χ4v) is 2.48. The molecular weight excluding hydrogens is 289 g/mol. The molecule has 0 aliphatic carbocycles. The molecule has 0 atom stereocenters. The van der Waals surface area contributed by atoms with Gasteiger partial charge >= 0.3 is 0 Å². The molecule has 2 aromatic rings. The van der Waals surface area contributed by atoms with Gasteiger partial charge in [0.2, 0.25) is 5.91 Å². The first kappa shape index (κ1) is 15.3. The van der Waals surface area contributed by atoms with E-state index in [1.165, 1.54) is 18.2 Å². The van der Waals surface area contributed by atoms with Crippen LogP contribution in [-0.4, -0.2) is 19.1 Å². The normalized spacial score (nSPS) is 10.8. The quantitative estimate of drug-likeness (QED) is 0.656. The number of rotatable bonds is 6. The molecule has 0 saturated heterocycles. The summed E-state index contributed by atoms with van der Waals surface area (Å²) < 4.78 is 18.2. The molecule has 1 heterocycles. The third kappa shape index (κ3) is 5.04. The molecule has 0 aliphatic heterocycles. The Kier molecular flexibility index (Phi) is 5.51. The zero-order valence-electron chi connectivity index (χ0n) is 11.6. The summed E-state index contributed by atoms with van der Waals surface area (Å²) in [7, 11) is 0. The smallest absolute Gasteiger partial charge is 0.244 e. The van der Waals surface area contributed by atoms with Crippen LogP contribution in [0.25, 0.3) is 6.08 Å². The first-order valence-corrected chi connectivity index (χ1v) is 7.41. The van der Waals surface area contributed by atoms with E-state index in [1.54, 1.807) is 29.5 Å². The minimum atomic E-state index is -0.342. The Labute approximate surface area is 127 Å². The number of benzene rings is 1. The molecule has 0 unspecified atom stereocenters. The third-order valence-electron chi connectivity index (χ3n) is 2.75. The highest BCUT2D eigenvalue weighted by Crippen LogP contribution is 2.16. The number of hydrogen-bond donors (Lipinski definition) is 1. The van der Waals surface area contributed by atoms with Crippen LogP contribution in [0.1, 0.15) is 10.4 Å². The van der Waals surface area contributed by atoms with Crippen LogP contribution in [0.3, 0.4) is 0 Å². The van der Waals surface area contributed by atoms with Crippen molar-refractivity contribution in [1.82, 2.24) is 5.32 Å². The van der Waals surface area contributed by atoms with Gasteiger partial charge in [0.05, 0.1) is 6.54 Å². The molecule has 0 spiro atoms. The van der Waals surface area contributed by atoms with Crippen molar-refractivity contribution in [3.8, 4) is 5.75 Å². The van der Waals surface area contributed by atoms with Crippen LogP contribution in [0, 0.1) is 12.7 Å². The maximum absolute atomic E-state index is 12.9. The molecule has 0 bridgehead atoms. The summed E-state index contributed by atoms with van der Waals surface area (Å²) in [5.41, 5.74) is 1.15. The Bertz CT molecular complexity index is 637. The van der Waals surface area contributed by atoms with Gasteiger partial charge in [0.15, 0.2) is 0 Å². The monoisotopic (exact) mass is 305 g/mol. The Morgan fingerprint density at radius 3 is 3.00 bits per heavy atom. The van der Waals surface area contributed by atoms with Gasteiger partial charge in [-0.3, -0.25) is 4.79 Å². The van der Waals surface area contributed by atoms with Crippen molar-refractivity contribution < 1.29 is 13.9 Å². The van der Waals surface area contributed by atoms with E-state index in [1.807, 2.05) is 18.4 Å². The van der Waals surface area contributed by atoms with Crippen LogP contribution < -0.4 is 10.1 Å². The maximum Gasteiger partial charge on any atom is 0.244 e. The zero-order valence-corrected chi connectivity index (χ0v) is 12.5. The standard InChI is InChI=1S/C16H16FNO2S/c1-12-7-10-21-15(12)5-6-16(19)18-8-9-20-14-4-2-3-13(17)11-14/h2-7,10-11H,8-9H2,1H3,(H,18,19). The number of carbonyl (C=O) groups is 1. The number of amides is 1. The van der Waals surface area contributed by atoms with Gasteiger partial charge in [-0.1, -0.05) is 6.07 Å². The summed E-state index contributed by atoms with van der Waals surface area (Å²) in [6, 6.07) is 7.92. The van der Waals surface area contributed by atoms with Crippen LogP contribution in [0.15, 0.2) is 41.8 Å². The zero-order chi connectivity index (χ0) is 15.1. The summed E-state index contributed by atoms with van der Waals surface area (Å²) in [6.45, 7) is 2.66. The van der Waals surface area contributed by atoms with Crippen LogP contribution in [0.2, 0.25) is 0 Å². The minimum absolute atomic E-state index is 0.175. The van der Waals surface area contributed by atoms with Crippen LogP contribution in [0.5, 0.6) is 5.75 Å². The van der Waals surface area contributed by atoms with Crippen molar-refractivity contribution >= 4 is 23.3 Å². The van der Waals surface area contributed by atoms with Gasteiger partial charge in [-0.2, -0.15) is 0 Å². The summed E-state index contributed by atoms with van der Waals surface area (Å²) >= 11 is 1.59. The topological polar surface area (TPSA) is 38.3 Å². The molecule has 5 heteroatoms. The first-order chi connectivity index (χ1) is 10.1. The van der Waals surface area contributed by atoms with Gasteiger partial charge in [0, 0.05) is 17.0 Å². The van der Waals surface area contributed by atoms with Gasteiger partial charge < -0.3 is 10.1 Å². The second kappa shape index (κ2) is 7.59. The van der Waals surface area contributed by atoms with Crippen molar-refractivity contribution in [3.63, 3.8) is 0 Å². The average Bonchev–Trinajstić information content (AvgIpc) is 2.87.